The predicted molar refractivity (Wildman–Crippen MR) is 173 cm³/mol. The minimum atomic E-state index is -0.866. The number of fused-ring (bicyclic) bond motifs is 4. The van der Waals surface area contributed by atoms with Gasteiger partial charge in [-0.05, 0) is 62.1 Å². The van der Waals surface area contributed by atoms with Gasteiger partial charge in [-0.2, -0.15) is 0 Å². The van der Waals surface area contributed by atoms with Crippen molar-refractivity contribution in [1.82, 2.24) is 19.9 Å². The van der Waals surface area contributed by atoms with E-state index in [9.17, 15) is 18.8 Å². The molecule has 1 aliphatic heterocycles. The molecule has 0 spiro atoms. The minimum Gasteiger partial charge on any atom is -0.449 e. The Bertz CT molecular complexity index is 1840. The van der Waals surface area contributed by atoms with Gasteiger partial charge in [-0.25, -0.2) is 23.6 Å². The molecule has 1 saturated heterocycles. The standard InChI is InChI=1S/C34H35ClFN5O5/c1-20(37-32(43)45-19-25-23-11-7-5-9-21(23)22-10-6-8-12-24(22)25)30-38-29-27(36)14-13-26(35)28(29)31(42)41(30)40-17-15-39(16-18-40)33(44)46-34(2,3)4/h5-14,20,25H,15-19H2,1-4H3,(H,37,43). The molecule has 3 aromatic carbocycles. The highest BCUT2D eigenvalue weighted by atomic mass is 35.5. The lowest BCUT2D eigenvalue weighted by molar-refractivity contribution is 0.0231. The summed E-state index contributed by atoms with van der Waals surface area (Å²) in [5.41, 5.74) is 2.94. The van der Waals surface area contributed by atoms with Gasteiger partial charge in [0.05, 0.1) is 29.5 Å². The van der Waals surface area contributed by atoms with Crippen LogP contribution in [0.5, 0.6) is 0 Å². The Balaban J connectivity index is 1.24. The van der Waals surface area contributed by atoms with Gasteiger partial charge >= 0.3 is 12.2 Å². The van der Waals surface area contributed by atoms with Gasteiger partial charge < -0.3 is 24.7 Å². The Morgan fingerprint density at radius 3 is 2.22 bits per heavy atom. The van der Waals surface area contributed by atoms with Gasteiger partial charge in [-0.3, -0.25) is 4.79 Å². The SMILES string of the molecule is CC(NC(=O)OCC1c2ccccc2-c2ccccc21)c1nc2c(F)ccc(Cl)c2c(=O)n1N1CCN(C(=O)OC(C)(C)C)CC1. The lowest BCUT2D eigenvalue weighted by atomic mass is 9.98. The molecular formula is C34H35ClFN5O5. The molecule has 2 aliphatic rings. The predicted octanol–water partition coefficient (Wildman–Crippen LogP) is 5.98. The smallest absolute Gasteiger partial charge is 0.410 e. The third-order valence-electron chi connectivity index (χ3n) is 8.18. The van der Waals surface area contributed by atoms with E-state index in [1.54, 1.807) is 37.6 Å². The summed E-state index contributed by atoms with van der Waals surface area (Å²) in [6.45, 7) is 8.17. The second-order valence-electron chi connectivity index (χ2n) is 12.5. The quantitative estimate of drug-likeness (QED) is 0.284. The van der Waals surface area contributed by atoms with Crippen LogP contribution in [0.25, 0.3) is 22.0 Å². The highest BCUT2D eigenvalue weighted by Crippen LogP contribution is 2.44. The summed E-state index contributed by atoms with van der Waals surface area (Å²) in [7, 11) is 0. The van der Waals surface area contributed by atoms with E-state index in [4.69, 9.17) is 21.1 Å². The average Bonchev–Trinajstić information content (AvgIpc) is 3.34. The Morgan fingerprint density at radius 1 is 1.00 bits per heavy atom. The molecule has 240 valence electrons. The molecule has 1 fully saturated rings. The maximum atomic E-state index is 15.0. The van der Waals surface area contributed by atoms with Crippen LogP contribution < -0.4 is 15.9 Å². The fraction of sp³-hybridized carbons (Fsp3) is 0.353. The van der Waals surface area contributed by atoms with E-state index in [1.807, 2.05) is 36.4 Å². The number of carbonyl (C=O) groups excluding carboxylic acids is 2. The lowest BCUT2D eigenvalue weighted by Gasteiger charge is -2.38. The van der Waals surface area contributed by atoms with Crippen molar-refractivity contribution in [2.45, 2.75) is 45.3 Å². The first-order valence-corrected chi connectivity index (χ1v) is 15.6. The molecule has 1 atom stereocenters. The number of nitrogens with zero attached hydrogens (tertiary/aromatic N) is 4. The molecule has 46 heavy (non-hydrogen) atoms. The third kappa shape index (κ3) is 5.99. The lowest BCUT2D eigenvalue weighted by Crippen LogP contribution is -2.57. The molecule has 0 radical (unpaired) electrons. The van der Waals surface area contributed by atoms with Gasteiger partial charge in [-0.1, -0.05) is 60.1 Å². The second-order valence-corrected chi connectivity index (χ2v) is 12.9. The number of halogens is 2. The van der Waals surface area contributed by atoms with Gasteiger partial charge in [0.25, 0.3) is 5.56 Å². The molecule has 4 aromatic rings. The maximum Gasteiger partial charge on any atom is 0.410 e. The fourth-order valence-electron chi connectivity index (χ4n) is 6.07. The number of ether oxygens (including phenoxy) is 2. The zero-order chi connectivity index (χ0) is 32.7. The van der Waals surface area contributed by atoms with Crippen LogP contribution in [0.15, 0.2) is 65.5 Å². The number of alkyl carbamates (subject to hydrolysis) is 1. The molecule has 2 heterocycles. The number of nitrogens with one attached hydrogen (secondary N) is 1. The number of aromatic nitrogens is 2. The summed E-state index contributed by atoms with van der Waals surface area (Å²) < 4.78 is 27.5. The highest BCUT2D eigenvalue weighted by molar-refractivity contribution is 6.35. The van der Waals surface area contributed by atoms with Crippen LogP contribution in [0, 0.1) is 5.82 Å². The number of amides is 2. The number of carbonyl (C=O) groups is 2. The molecule has 2 amide bonds. The van der Waals surface area contributed by atoms with Crippen molar-refractivity contribution in [2.24, 2.45) is 0 Å². The normalized spacial score (nSPS) is 15.3. The van der Waals surface area contributed by atoms with E-state index < -0.39 is 35.2 Å². The third-order valence-corrected chi connectivity index (χ3v) is 8.50. The van der Waals surface area contributed by atoms with Crippen molar-refractivity contribution >= 4 is 34.7 Å². The van der Waals surface area contributed by atoms with Gasteiger partial charge in [-0.15, -0.1) is 0 Å². The molecule has 1 aliphatic carbocycles. The number of benzene rings is 3. The summed E-state index contributed by atoms with van der Waals surface area (Å²) in [5.74, 6) is -0.756. The summed E-state index contributed by atoms with van der Waals surface area (Å²) in [5, 5.41) is 4.47. The molecule has 1 unspecified atom stereocenters. The second kappa shape index (κ2) is 12.3. The zero-order valence-electron chi connectivity index (χ0n) is 26.0. The van der Waals surface area contributed by atoms with Crippen molar-refractivity contribution in [2.75, 3.05) is 37.8 Å². The van der Waals surface area contributed by atoms with Crippen molar-refractivity contribution in [3.05, 3.63) is 98.8 Å². The van der Waals surface area contributed by atoms with Crippen LogP contribution in [0.4, 0.5) is 14.0 Å². The first-order chi connectivity index (χ1) is 21.9. The van der Waals surface area contributed by atoms with E-state index in [1.165, 1.54) is 10.7 Å². The number of hydrogen-bond acceptors (Lipinski definition) is 7. The van der Waals surface area contributed by atoms with Crippen molar-refractivity contribution in [3.63, 3.8) is 0 Å². The number of piperazine rings is 1. The van der Waals surface area contributed by atoms with E-state index >= 15 is 0 Å². The monoisotopic (exact) mass is 647 g/mol. The molecule has 10 nitrogen and oxygen atoms in total. The van der Waals surface area contributed by atoms with Crippen LogP contribution in [-0.4, -0.2) is 65.1 Å². The Hall–Kier alpha value is -4.64. The molecule has 6 rings (SSSR count). The largest absolute Gasteiger partial charge is 0.449 e. The topological polar surface area (TPSA) is 106 Å². The molecule has 0 bridgehead atoms. The van der Waals surface area contributed by atoms with Crippen LogP contribution >= 0.6 is 11.6 Å². The fourth-order valence-corrected chi connectivity index (χ4v) is 6.30. The molecular weight excluding hydrogens is 613 g/mol. The van der Waals surface area contributed by atoms with Crippen LogP contribution in [0.1, 0.15) is 56.6 Å². The highest BCUT2D eigenvalue weighted by Gasteiger charge is 2.32. The summed E-state index contributed by atoms with van der Waals surface area (Å²) in [6.07, 6.45) is -1.16. The van der Waals surface area contributed by atoms with Crippen molar-refractivity contribution in [1.29, 1.82) is 0 Å². The zero-order valence-corrected chi connectivity index (χ0v) is 26.8. The molecule has 12 heteroatoms. The first kappa shape index (κ1) is 31.3. The molecule has 1 aromatic heterocycles. The molecule has 0 saturated carbocycles. The maximum absolute atomic E-state index is 15.0. The summed E-state index contributed by atoms with van der Waals surface area (Å²) in [6, 6.07) is 17.7. The Morgan fingerprint density at radius 2 is 1.61 bits per heavy atom. The average molecular weight is 648 g/mol. The summed E-state index contributed by atoms with van der Waals surface area (Å²) in [4.78, 5) is 45.8. The van der Waals surface area contributed by atoms with Crippen LogP contribution in [-0.2, 0) is 9.47 Å². The Kier molecular flexibility index (Phi) is 8.37. The van der Waals surface area contributed by atoms with Crippen molar-refractivity contribution in [3.8, 4) is 11.1 Å². The van der Waals surface area contributed by atoms with E-state index in [2.05, 4.69) is 22.4 Å². The summed E-state index contributed by atoms with van der Waals surface area (Å²) >= 11 is 6.37. The van der Waals surface area contributed by atoms with Crippen LogP contribution in [0.3, 0.4) is 0 Å². The minimum absolute atomic E-state index is 0.0544. The first-order valence-electron chi connectivity index (χ1n) is 15.2. The molecule has 1 N–H and O–H groups in total. The van der Waals surface area contributed by atoms with Crippen LogP contribution in [0.2, 0.25) is 5.02 Å². The van der Waals surface area contributed by atoms with E-state index in [-0.39, 0.29) is 60.5 Å². The van der Waals surface area contributed by atoms with Gasteiger partial charge in [0.15, 0.2) is 5.82 Å². The number of hydrogen-bond donors (Lipinski definition) is 1. The Labute approximate surface area is 270 Å². The van der Waals surface area contributed by atoms with Gasteiger partial charge in [0.2, 0.25) is 0 Å². The number of rotatable bonds is 5. The van der Waals surface area contributed by atoms with E-state index in [0.29, 0.717) is 0 Å². The van der Waals surface area contributed by atoms with E-state index in [0.717, 1.165) is 28.3 Å². The van der Waals surface area contributed by atoms with Gasteiger partial charge in [0.1, 0.15) is 23.5 Å². The van der Waals surface area contributed by atoms with Crippen molar-refractivity contribution < 1.29 is 23.5 Å². The van der Waals surface area contributed by atoms with Gasteiger partial charge in [0, 0.05) is 19.0 Å².